The predicted octanol–water partition coefficient (Wildman–Crippen LogP) is 5.61. The molecule has 0 radical (unpaired) electrons. The molecule has 0 saturated carbocycles. The first-order valence-electron chi connectivity index (χ1n) is 7.89. The molecule has 2 aromatic carbocycles. The standard InChI is InChI=1S/C20H13N3OS/c1-2-14(10-15(3-1)20-21-7-9-25-20)19-22-17-5-4-13(11-18(17)23-19)16-6-8-24-12-16/h1-12H,(H,22,23). The largest absolute Gasteiger partial charge is 0.472 e. The summed E-state index contributed by atoms with van der Waals surface area (Å²) in [6, 6.07) is 16.4. The molecule has 0 amide bonds. The second-order valence-electron chi connectivity index (χ2n) is 5.75. The third-order valence-corrected chi connectivity index (χ3v) is 4.97. The molecule has 0 unspecified atom stereocenters. The number of H-pyrrole nitrogens is 1. The normalized spacial score (nSPS) is 11.2. The molecule has 0 aliphatic rings. The summed E-state index contributed by atoms with van der Waals surface area (Å²) in [7, 11) is 0. The first-order chi connectivity index (χ1) is 12.4. The average Bonchev–Trinajstić information content (AvgIpc) is 3.42. The van der Waals surface area contributed by atoms with E-state index in [4.69, 9.17) is 9.40 Å². The molecule has 0 spiro atoms. The van der Waals surface area contributed by atoms with Crippen molar-refractivity contribution in [1.82, 2.24) is 15.0 Å². The van der Waals surface area contributed by atoms with Crippen molar-refractivity contribution in [1.29, 1.82) is 0 Å². The van der Waals surface area contributed by atoms with Crippen LogP contribution in [-0.4, -0.2) is 15.0 Å². The van der Waals surface area contributed by atoms with E-state index in [9.17, 15) is 0 Å². The van der Waals surface area contributed by atoms with E-state index in [1.807, 2.05) is 29.8 Å². The number of thiazole rings is 1. The molecule has 0 saturated heterocycles. The number of aromatic amines is 1. The number of aromatic nitrogens is 3. The molecule has 0 aliphatic carbocycles. The van der Waals surface area contributed by atoms with Crippen LogP contribution in [0.15, 0.2) is 77.1 Å². The fraction of sp³-hybridized carbons (Fsp3) is 0. The van der Waals surface area contributed by atoms with E-state index >= 15 is 0 Å². The van der Waals surface area contributed by atoms with E-state index in [1.54, 1.807) is 23.9 Å². The summed E-state index contributed by atoms with van der Waals surface area (Å²) in [5.74, 6) is 0.859. The topological polar surface area (TPSA) is 54.7 Å². The number of nitrogens with zero attached hydrogens (tertiary/aromatic N) is 2. The Morgan fingerprint density at radius 2 is 1.88 bits per heavy atom. The summed E-state index contributed by atoms with van der Waals surface area (Å²) >= 11 is 1.63. The van der Waals surface area contributed by atoms with Crippen molar-refractivity contribution < 1.29 is 4.42 Å². The molecule has 25 heavy (non-hydrogen) atoms. The zero-order valence-electron chi connectivity index (χ0n) is 13.1. The lowest BCUT2D eigenvalue weighted by Crippen LogP contribution is -1.82. The summed E-state index contributed by atoms with van der Waals surface area (Å²) < 4.78 is 5.17. The van der Waals surface area contributed by atoms with E-state index in [2.05, 4.69) is 40.3 Å². The van der Waals surface area contributed by atoms with Gasteiger partial charge in [0, 0.05) is 28.3 Å². The lowest BCUT2D eigenvalue weighted by atomic mass is 10.1. The molecule has 0 fully saturated rings. The van der Waals surface area contributed by atoms with Crippen LogP contribution in [0.1, 0.15) is 0 Å². The van der Waals surface area contributed by atoms with Gasteiger partial charge in [-0.15, -0.1) is 11.3 Å². The van der Waals surface area contributed by atoms with Gasteiger partial charge in [0.05, 0.1) is 23.6 Å². The quantitative estimate of drug-likeness (QED) is 0.463. The summed E-state index contributed by atoms with van der Waals surface area (Å²) in [4.78, 5) is 12.5. The van der Waals surface area contributed by atoms with Gasteiger partial charge in [0.1, 0.15) is 10.8 Å². The van der Waals surface area contributed by atoms with Crippen LogP contribution in [0.5, 0.6) is 0 Å². The van der Waals surface area contributed by atoms with E-state index in [1.165, 1.54) is 0 Å². The van der Waals surface area contributed by atoms with Crippen molar-refractivity contribution in [2.75, 3.05) is 0 Å². The average molecular weight is 343 g/mol. The SMILES string of the molecule is c1cc(-c2nc3ccc(-c4ccoc4)cc3[nH]2)cc(-c2nccs2)c1. The van der Waals surface area contributed by atoms with Crippen LogP contribution >= 0.6 is 11.3 Å². The molecular formula is C20H13N3OS. The highest BCUT2D eigenvalue weighted by molar-refractivity contribution is 7.13. The maximum atomic E-state index is 5.17. The molecule has 0 atom stereocenters. The summed E-state index contributed by atoms with van der Waals surface area (Å²) in [5.41, 5.74) is 6.27. The highest BCUT2D eigenvalue weighted by Gasteiger charge is 2.09. The first-order valence-corrected chi connectivity index (χ1v) is 8.77. The Balaban J connectivity index is 1.58. The number of benzene rings is 2. The van der Waals surface area contributed by atoms with Gasteiger partial charge >= 0.3 is 0 Å². The van der Waals surface area contributed by atoms with Gasteiger partial charge in [-0.3, -0.25) is 0 Å². The fourth-order valence-corrected chi connectivity index (χ4v) is 3.56. The molecular weight excluding hydrogens is 330 g/mol. The zero-order valence-corrected chi connectivity index (χ0v) is 14.0. The van der Waals surface area contributed by atoms with Gasteiger partial charge in [0.25, 0.3) is 0 Å². The number of hydrogen-bond donors (Lipinski definition) is 1. The Morgan fingerprint density at radius 3 is 2.72 bits per heavy atom. The van der Waals surface area contributed by atoms with E-state index in [0.29, 0.717) is 0 Å². The van der Waals surface area contributed by atoms with E-state index < -0.39 is 0 Å². The second-order valence-corrected chi connectivity index (χ2v) is 6.64. The second kappa shape index (κ2) is 5.72. The molecule has 1 N–H and O–H groups in total. The van der Waals surface area contributed by atoms with Gasteiger partial charge in [-0.05, 0) is 29.8 Å². The van der Waals surface area contributed by atoms with Crippen molar-refractivity contribution in [2.45, 2.75) is 0 Å². The maximum Gasteiger partial charge on any atom is 0.138 e. The van der Waals surface area contributed by atoms with Gasteiger partial charge in [-0.25, -0.2) is 9.97 Å². The fourth-order valence-electron chi connectivity index (χ4n) is 2.92. The molecule has 5 aromatic rings. The highest BCUT2D eigenvalue weighted by Crippen LogP contribution is 2.29. The van der Waals surface area contributed by atoms with Gasteiger partial charge in [-0.2, -0.15) is 0 Å². The Hall–Kier alpha value is -3.18. The molecule has 120 valence electrons. The number of furan rings is 1. The molecule has 4 nitrogen and oxygen atoms in total. The highest BCUT2D eigenvalue weighted by atomic mass is 32.1. The van der Waals surface area contributed by atoms with Crippen molar-refractivity contribution in [3.8, 4) is 33.1 Å². The van der Waals surface area contributed by atoms with Gasteiger partial charge in [0.2, 0.25) is 0 Å². The van der Waals surface area contributed by atoms with E-state index in [0.717, 1.165) is 44.1 Å². The minimum absolute atomic E-state index is 0.859. The molecule has 0 aliphatic heterocycles. The number of fused-ring (bicyclic) bond motifs is 1. The summed E-state index contributed by atoms with van der Waals surface area (Å²) in [6.45, 7) is 0. The van der Waals surface area contributed by atoms with Crippen molar-refractivity contribution in [3.05, 3.63) is 72.6 Å². The number of hydrogen-bond acceptors (Lipinski definition) is 4. The Kier molecular flexibility index (Phi) is 3.24. The van der Waals surface area contributed by atoms with E-state index in [-0.39, 0.29) is 0 Å². The van der Waals surface area contributed by atoms with Crippen LogP contribution in [0.3, 0.4) is 0 Å². The summed E-state index contributed by atoms with van der Waals surface area (Å²) in [6.07, 6.45) is 5.25. The predicted molar refractivity (Wildman–Crippen MR) is 100 cm³/mol. The van der Waals surface area contributed by atoms with Crippen molar-refractivity contribution in [3.63, 3.8) is 0 Å². The number of nitrogens with one attached hydrogen (secondary N) is 1. The maximum absolute atomic E-state index is 5.17. The molecule has 5 heteroatoms. The van der Waals surface area contributed by atoms with Crippen LogP contribution in [0.25, 0.3) is 44.1 Å². The van der Waals surface area contributed by atoms with Crippen molar-refractivity contribution >= 4 is 22.4 Å². The molecule has 3 heterocycles. The van der Waals surface area contributed by atoms with Crippen LogP contribution in [0, 0.1) is 0 Å². The monoisotopic (exact) mass is 343 g/mol. The lowest BCUT2D eigenvalue weighted by Gasteiger charge is -2.00. The van der Waals surface area contributed by atoms with Gasteiger partial charge in [-0.1, -0.05) is 24.3 Å². The van der Waals surface area contributed by atoms with Crippen LogP contribution < -0.4 is 0 Å². The molecule has 3 aromatic heterocycles. The van der Waals surface area contributed by atoms with Crippen LogP contribution in [-0.2, 0) is 0 Å². The Labute approximate surface area is 147 Å². The summed E-state index contributed by atoms with van der Waals surface area (Å²) in [5, 5.41) is 3.00. The van der Waals surface area contributed by atoms with Crippen LogP contribution in [0.2, 0.25) is 0 Å². The third kappa shape index (κ3) is 2.55. The lowest BCUT2D eigenvalue weighted by molar-refractivity contribution is 0.568. The van der Waals surface area contributed by atoms with Crippen LogP contribution in [0.4, 0.5) is 0 Å². The molecule has 0 bridgehead atoms. The molecule has 5 rings (SSSR count). The number of imidazole rings is 1. The minimum Gasteiger partial charge on any atom is -0.472 e. The number of rotatable bonds is 3. The Morgan fingerprint density at radius 1 is 0.920 bits per heavy atom. The zero-order chi connectivity index (χ0) is 16.6. The third-order valence-electron chi connectivity index (χ3n) is 4.15. The van der Waals surface area contributed by atoms with Gasteiger partial charge < -0.3 is 9.40 Å². The van der Waals surface area contributed by atoms with Crippen molar-refractivity contribution in [2.24, 2.45) is 0 Å². The first kappa shape index (κ1) is 14.2. The van der Waals surface area contributed by atoms with Gasteiger partial charge in [0.15, 0.2) is 0 Å². The smallest absolute Gasteiger partial charge is 0.138 e. The minimum atomic E-state index is 0.859. The Bertz CT molecular complexity index is 1140.